The molecule has 4 heteroatoms. The molecule has 0 aliphatic heterocycles. The predicted octanol–water partition coefficient (Wildman–Crippen LogP) is 0.890. The Labute approximate surface area is 103 Å². The van der Waals surface area contributed by atoms with E-state index in [1.165, 1.54) is 6.42 Å². The van der Waals surface area contributed by atoms with Gasteiger partial charge in [0.1, 0.15) is 0 Å². The average Bonchev–Trinajstić information content (AvgIpc) is 3.10. The maximum absolute atomic E-state index is 11.6. The van der Waals surface area contributed by atoms with Gasteiger partial charge in [-0.2, -0.15) is 0 Å². The highest BCUT2D eigenvalue weighted by atomic mass is 16.3. The Balaban J connectivity index is 1.67. The van der Waals surface area contributed by atoms with Gasteiger partial charge in [-0.05, 0) is 32.7 Å². The Hall–Kier alpha value is -0.610. The van der Waals surface area contributed by atoms with Crippen molar-refractivity contribution in [2.24, 2.45) is 0 Å². The Bertz CT molecular complexity index is 266. The number of hydrogen-bond acceptors (Lipinski definition) is 3. The monoisotopic (exact) mass is 240 g/mol. The van der Waals surface area contributed by atoms with E-state index in [9.17, 15) is 9.90 Å². The summed E-state index contributed by atoms with van der Waals surface area (Å²) in [6.45, 7) is 0.750. The number of nitrogens with one attached hydrogen (secondary N) is 1. The smallest absolute Gasteiger partial charge is 0.221 e. The van der Waals surface area contributed by atoms with Crippen LogP contribution in [0.2, 0.25) is 0 Å². The summed E-state index contributed by atoms with van der Waals surface area (Å²) in [7, 11) is 2.02. The maximum atomic E-state index is 11.6. The second-order valence-electron chi connectivity index (χ2n) is 5.49. The van der Waals surface area contributed by atoms with Crippen molar-refractivity contribution in [2.45, 2.75) is 63.1 Å². The molecule has 0 bridgehead atoms. The lowest BCUT2D eigenvalue weighted by Crippen LogP contribution is -2.44. The molecule has 17 heavy (non-hydrogen) atoms. The van der Waals surface area contributed by atoms with E-state index < -0.39 is 0 Å². The molecule has 2 fully saturated rings. The summed E-state index contributed by atoms with van der Waals surface area (Å²) in [6, 6.07) is 0.700. The molecular weight excluding hydrogens is 216 g/mol. The van der Waals surface area contributed by atoms with Gasteiger partial charge in [0.2, 0.25) is 5.91 Å². The molecule has 0 spiro atoms. The summed E-state index contributed by atoms with van der Waals surface area (Å²) in [6.07, 6.45) is 6.92. The summed E-state index contributed by atoms with van der Waals surface area (Å²) in [4.78, 5) is 13.7. The van der Waals surface area contributed by atoms with E-state index in [0.717, 1.165) is 38.6 Å². The van der Waals surface area contributed by atoms with Gasteiger partial charge in [-0.1, -0.05) is 12.8 Å². The summed E-state index contributed by atoms with van der Waals surface area (Å²) >= 11 is 0. The summed E-state index contributed by atoms with van der Waals surface area (Å²) in [5.74, 6) is 0.157. The average molecular weight is 240 g/mol. The molecule has 2 unspecified atom stereocenters. The van der Waals surface area contributed by atoms with Gasteiger partial charge in [-0.3, -0.25) is 4.79 Å². The van der Waals surface area contributed by atoms with Crippen LogP contribution in [0, 0.1) is 0 Å². The Morgan fingerprint density at radius 1 is 1.29 bits per heavy atom. The minimum atomic E-state index is -0.208. The number of carbonyl (C=O) groups is 1. The first kappa shape index (κ1) is 12.8. The topological polar surface area (TPSA) is 52.6 Å². The normalized spacial score (nSPS) is 29.4. The molecule has 2 rings (SSSR count). The lowest BCUT2D eigenvalue weighted by Gasteiger charge is -2.35. The van der Waals surface area contributed by atoms with Crippen LogP contribution in [0.25, 0.3) is 0 Å². The van der Waals surface area contributed by atoms with Gasteiger partial charge < -0.3 is 15.3 Å². The summed E-state index contributed by atoms with van der Waals surface area (Å²) in [5.41, 5.74) is 0. The highest BCUT2D eigenvalue weighted by molar-refractivity contribution is 5.76. The first-order chi connectivity index (χ1) is 8.16. The Morgan fingerprint density at radius 2 is 2.00 bits per heavy atom. The van der Waals surface area contributed by atoms with Crippen molar-refractivity contribution >= 4 is 5.91 Å². The zero-order valence-corrected chi connectivity index (χ0v) is 10.7. The van der Waals surface area contributed by atoms with Gasteiger partial charge in [0.15, 0.2) is 0 Å². The van der Waals surface area contributed by atoms with Crippen LogP contribution in [0.15, 0.2) is 0 Å². The maximum Gasteiger partial charge on any atom is 0.221 e. The molecule has 2 aliphatic carbocycles. The Kier molecular flexibility index (Phi) is 4.40. The number of nitrogens with zero attached hydrogens (tertiary/aromatic N) is 1. The largest absolute Gasteiger partial charge is 0.391 e. The van der Waals surface area contributed by atoms with E-state index in [1.807, 2.05) is 7.05 Å². The number of likely N-dealkylation sites (N-methyl/N-ethyl adjacent to an activating group) is 1. The predicted molar refractivity (Wildman–Crippen MR) is 66.7 cm³/mol. The minimum absolute atomic E-state index is 0.157. The van der Waals surface area contributed by atoms with Crippen molar-refractivity contribution in [3.05, 3.63) is 0 Å². The lowest BCUT2D eigenvalue weighted by atomic mass is 9.91. The fourth-order valence-electron chi connectivity index (χ4n) is 2.58. The quantitative estimate of drug-likeness (QED) is 0.750. The van der Waals surface area contributed by atoms with Crippen LogP contribution in [-0.2, 0) is 4.79 Å². The van der Waals surface area contributed by atoms with Crippen LogP contribution in [0.1, 0.15) is 44.9 Å². The van der Waals surface area contributed by atoms with Gasteiger partial charge >= 0.3 is 0 Å². The number of aliphatic hydroxyl groups excluding tert-OH is 1. The number of amides is 1. The van der Waals surface area contributed by atoms with Crippen LogP contribution in [0.3, 0.4) is 0 Å². The van der Waals surface area contributed by atoms with E-state index in [-0.39, 0.29) is 18.1 Å². The molecule has 2 saturated carbocycles. The standard InChI is InChI=1S/C13H24N2O2/c1-15(11-4-2-3-5-12(11)16)9-8-13(17)14-10-6-7-10/h10-12,16H,2-9H2,1H3,(H,14,17). The van der Waals surface area contributed by atoms with Crippen molar-refractivity contribution in [1.29, 1.82) is 0 Å². The van der Waals surface area contributed by atoms with Gasteiger partial charge in [0.25, 0.3) is 0 Å². The van der Waals surface area contributed by atoms with Crippen LogP contribution >= 0.6 is 0 Å². The molecule has 2 atom stereocenters. The van der Waals surface area contributed by atoms with E-state index in [2.05, 4.69) is 10.2 Å². The molecule has 1 amide bonds. The van der Waals surface area contributed by atoms with Crippen LogP contribution in [0.4, 0.5) is 0 Å². The molecule has 4 nitrogen and oxygen atoms in total. The minimum Gasteiger partial charge on any atom is -0.391 e. The zero-order chi connectivity index (χ0) is 12.3. The molecule has 2 aliphatic rings. The first-order valence-electron chi connectivity index (χ1n) is 6.84. The molecule has 0 saturated heterocycles. The molecule has 0 radical (unpaired) electrons. The number of hydrogen-bond donors (Lipinski definition) is 2. The van der Waals surface area contributed by atoms with Gasteiger partial charge in [-0.25, -0.2) is 0 Å². The molecule has 98 valence electrons. The third-order valence-corrected chi connectivity index (χ3v) is 3.89. The molecule has 0 aromatic rings. The third kappa shape index (κ3) is 3.96. The van der Waals surface area contributed by atoms with E-state index in [1.54, 1.807) is 0 Å². The van der Waals surface area contributed by atoms with Crippen molar-refractivity contribution in [3.63, 3.8) is 0 Å². The number of carbonyl (C=O) groups excluding carboxylic acids is 1. The first-order valence-corrected chi connectivity index (χ1v) is 6.84. The van der Waals surface area contributed by atoms with E-state index in [4.69, 9.17) is 0 Å². The van der Waals surface area contributed by atoms with Crippen molar-refractivity contribution in [1.82, 2.24) is 10.2 Å². The molecule has 0 aromatic heterocycles. The second kappa shape index (κ2) is 5.83. The fourth-order valence-corrected chi connectivity index (χ4v) is 2.58. The fraction of sp³-hybridized carbons (Fsp3) is 0.923. The van der Waals surface area contributed by atoms with Gasteiger partial charge in [-0.15, -0.1) is 0 Å². The molecule has 2 N–H and O–H groups in total. The van der Waals surface area contributed by atoms with Crippen LogP contribution < -0.4 is 5.32 Å². The number of aliphatic hydroxyl groups is 1. The second-order valence-corrected chi connectivity index (χ2v) is 5.49. The molecular formula is C13H24N2O2. The molecule has 0 aromatic carbocycles. The molecule has 0 heterocycles. The van der Waals surface area contributed by atoms with Crippen LogP contribution in [-0.4, -0.2) is 47.7 Å². The highest BCUT2D eigenvalue weighted by Crippen LogP contribution is 2.22. The third-order valence-electron chi connectivity index (χ3n) is 3.89. The summed E-state index contributed by atoms with van der Waals surface area (Å²) in [5, 5.41) is 12.9. The van der Waals surface area contributed by atoms with Crippen LogP contribution in [0.5, 0.6) is 0 Å². The van der Waals surface area contributed by atoms with E-state index in [0.29, 0.717) is 12.5 Å². The lowest BCUT2D eigenvalue weighted by molar-refractivity contribution is -0.121. The van der Waals surface area contributed by atoms with Crippen molar-refractivity contribution in [3.8, 4) is 0 Å². The SMILES string of the molecule is CN(CCC(=O)NC1CC1)C1CCCCC1O. The Morgan fingerprint density at radius 3 is 2.65 bits per heavy atom. The summed E-state index contributed by atoms with van der Waals surface area (Å²) < 4.78 is 0. The van der Waals surface area contributed by atoms with Crippen molar-refractivity contribution in [2.75, 3.05) is 13.6 Å². The number of rotatable bonds is 5. The van der Waals surface area contributed by atoms with Crippen molar-refractivity contribution < 1.29 is 9.90 Å². The highest BCUT2D eigenvalue weighted by Gasteiger charge is 2.27. The zero-order valence-electron chi connectivity index (χ0n) is 10.7. The van der Waals surface area contributed by atoms with Gasteiger partial charge in [0.05, 0.1) is 6.10 Å². The van der Waals surface area contributed by atoms with E-state index >= 15 is 0 Å². The van der Waals surface area contributed by atoms with Gasteiger partial charge in [0, 0.05) is 25.0 Å².